The summed E-state index contributed by atoms with van der Waals surface area (Å²) in [6.45, 7) is 3.10. The molecule has 0 saturated heterocycles. The minimum atomic E-state index is -0.438. The van der Waals surface area contributed by atoms with E-state index in [4.69, 9.17) is 15.2 Å². The van der Waals surface area contributed by atoms with Gasteiger partial charge in [0.2, 0.25) is 5.91 Å². The molecule has 2 aromatic rings. The van der Waals surface area contributed by atoms with Crippen LogP contribution < -0.4 is 20.7 Å². The number of hydrogen-bond donors (Lipinski definition) is 2. The van der Waals surface area contributed by atoms with Gasteiger partial charge < -0.3 is 20.5 Å². The van der Waals surface area contributed by atoms with Crippen molar-refractivity contribution >= 4 is 35.1 Å². The fraction of sp³-hybridized carbons (Fsp3) is 0.263. The summed E-state index contributed by atoms with van der Waals surface area (Å²) in [5.41, 5.74) is 6.53. The summed E-state index contributed by atoms with van der Waals surface area (Å²) >= 11 is 0. The Bertz CT molecular complexity index is 911. The topological polar surface area (TPSA) is 124 Å². The number of nitrogen functional groups attached to an aromatic ring is 1. The third-order valence-electron chi connectivity index (χ3n) is 3.82. The smallest absolute Gasteiger partial charge is 0.338 e. The molecule has 0 unspecified atom stereocenters. The quantitative estimate of drug-likeness (QED) is 0.750. The predicted octanol–water partition coefficient (Wildman–Crippen LogP) is 1.59. The van der Waals surface area contributed by atoms with E-state index >= 15 is 0 Å². The van der Waals surface area contributed by atoms with Crippen molar-refractivity contribution in [3.05, 3.63) is 42.0 Å². The average Bonchev–Trinajstić information content (AvgIpc) is 2.64. The first kappa shape index (κ1) is 19.2. The van der Waals surface area contributed by atoms with Gasteiger partial charge in [-0.3, -0.25) is 14.5 Å². The normalized spacial score (nSPS) is 13.0. The lowest BCUT2D eigenvalue weighted by Gasteiger charge is -2.27. The van der Waals surface area contributed by atoms with E-state index in [-0.39, 0.29) is 30.9 Å². The molecular formula is C19H20N4O5. The number of nitrogens with zero attached hydrogens (tertiary/aromatic N) is 2. The van der Waals surface area contributed by atoms with Crippen LogP contribution in [0.4, 0.5) is 17.3 Å². The summed E-state index contributed by atoms with van der Waals surface area (Å²) < 4.78 is 10.4. The van der Waals surface area contributed by atoms with Crippen molar-refractivity contribution in [2.45, 2.75) is 20.0 Å². The summed E-state index contributed by atoms with van der Waals surface area (Å²) in [6, 6.07) is 9.43. The van der Waals surface area contributed by atoms with Gasteiger partial charge in [-0.05, 0) is 50.2 Å². The molecule has 2 heterocycles. The number of amides is 2. The first-order valence-corrected chi connectivity index (χ1v) is 8.64. The van der Waals surface area contributed by atoms with E-state index in [0.29, 0.717) is 17.0 Å². The Labute approximate surface area is 161 Å². The van der Waals surface area contributed by atoms with Gasteiger partial charge in [0.25, 0.3) is 5.91 Å². The van der Waals surface area contributed by atoms with Crippen LogP contribution >= 0.6 is 0 Å². The number of aromatic nitrogens is 1. The number of benzene rings is 1. The van der Waals surface area contributed by atoms with Crippen molar-refractivity contribution in [2.24, 2.45) is 0 Å². The Balaban J connectivity index is 1.67. The van der Waals surface area contributed by atoms with Crippen LogP contribution in [0.3, 0.4) is 0 Å². The van der Waals surface area contributed by atoms with Crippen LogP contribution in [0.1, 0.15) is 24.2 Å². The molecule has 0 spiro atoms. The lowest BCUT2D eigenvalue weighted by atomic mass is 10.2. The van der Waals surface area contributed by atoms with E-state index in [1.807, 2.05) is 0 Å². The second kappa shape index (κ2) is 7.95. The Hall–Kier alpha value is -3.62. The maximum Gasteiger partial charge on any atom is 0.338 e. The maximum absolute atomic E-state index is 12.4. The number of nitrogens with two attached hydrogens (primary N) is 1. The highest BCUT2D eigenvalue weighted by Gasteiger charge is 2.29. The Morgan fingerprint density at radius 3 is 2.64 bits per heavy atom. The molecule has 146 valence electrons. The van der Waals surface area contributed by atoms with Crippen molar-refractivity contribution in [1.29, 1.82) is 0 Å². The molecule has 1 aliphatic heterocycles. The fourth-order valence-corrected chi connectivity index (χ4v) is 2.57. The van der Waals surface area contributed by atoms with Crippen molar-refractivity contribution in [3.63, 3.8) is 0 Å². The molecule has 1 aliphatic rings. The standard InChI is InChI=1S/C19H20N4O5/c1-11(2)28-19(26)12-3-5-13(6-4-12)21-16(24)9-23-17(25)10-27-14-7-8-15(20)22-18(14)23/h3-8,11H,9-10H2,1-2H3,(H2,20,22)(H,21,24). The van der Waals surface area contributed by atoms with Crippen molar-refractivity contribution in [2.75, 3.05) is 29.1 Å². The number of hydrogen-bond acceptors (Lipinski definition) is 7. The molecule has 0 aliphatic carbocycles. The second-order valence-electron chi connectivity index (χ2n) is 6.41. The number of ether oxygens (including phenoxy) is 2. The van der Waals surface area contributed by atoms with Crippen LogP contribution in [0.5, 0.6) is 5.75 Å². The zero-order valence-corrected chi connectivity index (χ0v) is 15.5. The summed E-state index contributed by atoms with van der Waals surface area (Å²) in [7, 11) is 0. The van der Waals surface area contributed by atoms with Crippen molar-refractivity contribution in [3.8, 4) is 5.75 Å². The van der Waals surface area contributed by atoms with Gasteiger partial charge in [-0.2, -0.15) is 0 Å². The van der Waals surface area contributed by atoms with Gasteiger partial charge >= 0.3 is 5.97 Å². The van der Waals surface area contributed by atoms with Crippen LogP contribution in [0.2, 0.25) is 0 Å². The number of esters is 1. The number of rotatable bonds is 5. The highest BCUT2D eigenvalue weighted by atomic mass is 16.5. The SMILES string of the molecule is CC(C)OC(=O)c1ccc(NC(=O)CN2C(=O)COc3ccc(N)nc32)cc1. The van der Waals surface area contributed by atoms with Gasteiger partial charge in [-0.15, -0.1) is 0 Å². The zero-order valence-electron chi connectivity index (χ0n) is 15.5. The number of carbonyl (C=O) groups excluding carboxylic acids is 3. The minimum Gasteiger partial charge on any atom is -0.480 e. The highest BCUT2D eigenvalue weighted by Crippen LogP contribution is 2.30. The number of fused-ring (bicyclic) bond motifs is 1. The van der Waals surface area contributed by atoms with Crippen LogP contribution in [0.25, 0.3) is 0 Å². The van der Waals surface area contributed by atoms with E-state index in [9.17, 15) is 14.4 Å². The summed E-state index contributed by atoms with van der Waals surface area (Å²) in [4.78, 5) is 41.7. The van der Waals surface area contributed by atoms with Crippen LogP contribution in [-0.4, -0.2) is 42.0 Å². The Morgan fingerprint density at radius 2 is 1.96 bits per heavy atom. The van der Waals surface area contributed by atoms with E-state index in [1.54, 1.807) is 50.2 Å². The summed E-state index contributed by atoms with van der Waals surface area (Å²) in [6.07, 6.45) is -0.219. The lowest BCUT2D eigenvalue weighted by Crippen LogP contribution is -2.44. The molecular weight excluding hydrogens is 364 g/mol. The van der Waals surface area contributed by atoms with E-state index in [1.165, 1.54) is 4.90 Å². The third kappa shape index (κ3) is 4.37. The number of carbonyl (C=O) groups is 3. The lowest BCUT2D eigenvalue weighted by molar-refractivity contribution is -0.123. The van der Waals surface area contributed by atoms with E-state index in [2.05, 4.69) is 10.3 Å². The molecule has 0 radical (unpaired) electrons. The molecule has 0 fully saturated rings. The predicted molar refractivity (Wildman–Crippen MR) is 102 cm³/mol. The van der Waals surface area contributed by atoms with Gasteiger partial charge in [-0.1, -0.05) is 0 Å². The van der Waals surface area contributed by atoms with Crippen LogP contribution in [0, 0.1) is 0 Å². The van der Waals surface area contributed by atoms with Gasteiger partial charge in [0, 0.05) is 5.69 Å². The number of pyridine rings is 1. The largest absolute Gasteiger partial charge is 0.480 e. The van der Waals surface area contributed by atoms with Gasteiger partial charge in [0.15, 0.2) is 18.2 Å². The molecule has 1 aromatic heterocycles. The number of nitrogens with one attached hydrogen (secondary N) is 1. The average molecular weight is 384 g/mol. The molecule has 3 N–H and O–H groups in total. The summed E-state index contributed by atoms with van der Waals surface area (Å²) in [5, 5.41) is 2.68. The third-order valence-corrected chi connectivity index (χ3v) is 3.82. The molecule has 9 nitrogen and oxygen atoms in total. The fourth-order valence-electron chi connectivity index (χ4n) is 2.57. The Morgan fingerprint density at radius 1 is 1.25 bits per heavy atom. The number of anilines is 3. The molecule has 0 saturated carbocycles. The van der Waals surface area contributed by atoms with E-state index < -0.39 is 17.8 Å². The second-order valence-corrected chi connectivity index (χ2v) is 6.41. The molecule has 28 heavy (non-hydrogen) atoms. The molecule has 9 heteroatoms. The van der Waals surface area contributed by atoms with Crippen LogP contribution in [0.15, 0.2) is 36.4 Å². The van der Waals surface area contributed by atoms with Gasteiger partial charge in [0.1, 0.15) is 12.4 Å². The molecule has 1 aromatic carbocycles. The summed E-state index contributed by atoms with van der Waals surface area (Å²) in [5.74, 6) is -0.457. The highest BCUT2D eigenvalue weighted by molar-refractivity contribution is 6.04. The first-order valence-electron chi connectivity index (χ1n) is 8.64. The molecule has 2 amide bonds. The van der Waals surface area contributed by atoms with Crippen molar-refractivity contribution in [1.82, 2.24) is 4.98 Å². The first-order chi connectivity index (χ1) is 13.3. The molecule has 0 atom stereocenters. The minimum absolute atomic E-state index is 0.182. The van der Waals surface area contributed by atoms with Crippen molar-refractivity contribution < 1.29 is 23.9 Å². The Kier molecular flexibility index (Phi) is 5.44. The molecule has 0 bridgehead atoms. The van der Waals surface area contributed by atoms with Gasteiger partial charge in [0.05, 0.1) is 11.7 Å². The molecule has 3 rings (SSSR count). The zero-order chi connectivity index (χ0) is 20.3. The monoisotopic (exact) mass is 384 g/mol. The van der Waals surface area contributed by atoms with E-state index in [0.717, 1.165) is 0 Å². The van der Waals surface area contributed by atoms with Gasteiger partial charge in [-0.25, -0.2) is 9.78 Å². The van der Waals surface area contributed by atoms with Crippen LogP contribution in [-0.2, 0) is 14.3 Å². The maximum atomic E-state index is 12.4.